The number of benzene rings is 1. The van der Waals surface area contributed by atoms with Crippen molar-refractivity contribution >= 4 is 5.91 Å². The maximum absolute atomic E-state index is 13.0. The fraction of sp³-hybridized carbons (Fsp3) is 0.556. The second-order valence-electron chi connectivity index (χ2n) is 8.45. The van der Waals surface area contributed by atoms with Gasteiger partial charge in [-0.05, 0) is 64.8 Å². The quantitative estimate of drug-likeness (QED) is 0.851. The summed E-state index contributed by atoms with van der Waals surface area (Å²) in [4.78, 5) is 15.1. The number of fused-ring (bicyclic) bond motifs is 2. The molecule has 2 fully saturated rings. The normalized spacial score (nSPS) is 28.1. The first-order chi connectivity index (χ1) is 11.4. The first kappa shape index (κ1) is 15.3. The molecule has 1 amide bonds. The smallest absolute Gasteiger partial charge is 0.254 e. The third-order valence-corrected chi connectivity index (χ3v) is 5.40. The molecule has 0 spiro atoms. The zero-order chi connectivity index (χ0) is 16.9. The van der Waals surface area contributed by atoms with Gasteiger partial charge in [0.05, 0.1) is 5.69 Å². The van der Waals surface area contributed by atoms with Crippen LogP contribution in [0.15, 0.2) is 30.6 Å². The molecule has 4 rings (SSSR count). The van der Waals surface area contributed by atoms with E-state index in [2.05, 4.69) is 41.2 Å². The van der Waals surface area contributed by atoms with E-state index in [1.807, 2.05) is 24.3 Å². The van der Waals surface area contributed by atoms with Crippen LogP contribution in [-0.2, 0) is 0 Å². The number of carbonyl (C=O) groups excluding carboxylic acids is 1. The van der Waals surface area contributed by atoms with Crippen LogP contribution in [0.4, 0.5) is 0 Å². The maximum atomic E-state index is 13.0. The summed E-state index contributed by atoms with van der Waals surface area (Å²) >= 11 is 0. The Bertz CT molecular complexity index is 752. The van der Waals surface area contributed by atoms with Gasteiger partial charge in [-0.1, -0.05) is 20.8 Å². The molecule has 2 unspecified atom stereocenters. The minimum absolute atomic E-state index is 0.143. The monoisotopic (exact) mass is 325 g/mol. The highest BCUT2D eigenvalue weighted by Gasteiger charge is 2.50. The molecule has 6 nitrogen and oxygen atoms in total. The summed E-state index contributed by atoms with van der Waals surface area (Å²) in [7, 11) is 0. The van der Waals surface area contributed by atoms with Crippen LogP contribution in [0.3, 0.4) is 0 Å². The topological polar surface area (TPSA) is 63.9 Å². The van der Waals surface area contributed by atoms with E-state index in [0.717, 1.165) is 30.6 Å². The molecule has 6 heteroatoms. The number of aromatic nitrogens is 4. The highest BCUT2D eigenvalue weighted by Crippen LogP contribution is 2.52. The van der Waals surface area contributed by atoms with Crippen molar-refractivity contribution in [2.24, 2.45) is 10.8 Å². The second kappa shape index (κ2) is 5.13. The van der Waals surface area contributed by atoms with Crippen LogP contribution in [0.2, 0.25) is 0 Å². The molecule has 1 aromatic carbocycles. The van der Waals surface area contributed by atoms with Crippen molar-refractivity contribution < 1.29 is 4.79 Å². The summed E-state index contributed by atoms with van der Waals surface area (Å²) in [5, 5.41) is 11.1. The van der Waals surface area contributed by atoms with Crippen LogP contribution >= 0.6 is 0 Å². The van der Waals surface area contributed by atoms with Crippen LogP contribution in [0, 0.1) is 10.8 Å². The first-order valence-corrected chi connectivity index (χ1v) is 8.50. The van der Waals surface area contributed by atoms with Gasteiger partial charge in [-0.2, -0.15) is 0 Å². The number of hydrogen-bond acceptors (Lipinski definition) is 4. The Hall–Kier alpha value is -2.24. The van der Waals surface area contributed by atoms with Crippen molar-refractivity contribution in [2.75, 3.05) is 6.54 Å². The van der Waals surface area contributed by atoms with E-state index in [4.69, 9.17) is 0 Å². The van der Waals surface area contributed by atoms with Crippen molar-refractivity contribution in [2.45, 2.75) is 46.1 Å². The van der Waals surface area contributed by atoms with E-state index in [1.165, 1.54) is 6.42 Å². The number of tetrazole rings is 1. The van der Waals surface area contributed by atoms with Gasteiger partial charge in [-0.3, -0.25) is 4.79 Å². The predicted molar refractivity (Wildman–Crippen MR) is 89.7 cm³/mol. The van der Waals surface area contributed by atoms with Gasteiger partial charge < -0.3 is 4.90 Å². The molecule has 2 bridgehead atoms. The van der Waals surface area contributed by atoms with Gasteiger partial charge in [0.25, 0.3) is 5.91 Å². The Kier molecular flexibility index (Phi) is 3.27. The molecule has 1 saturated heterocycles. The van der Waals surface area contributed by atoms with Gasteiger partial charge in [-0.15, -0.1) is 5.10 Å². The molecular formula is C18H23N5O. The van der Waals surface area contributed by atoms with E-state index >= 15 is 0 Å². The Balaban J connectivity index is 1.56. The number of amides is 1. The van der Waals surface area contributed by atoms with Crippen molar-refractivity contribution in [3.05, 3.63) is 36.2 Å². The van der Waals surface area contributed by atoms with Crippen LogP contribution < -0.4 is 0 Å². The SMILES string of the molecule is CC1(C)CC2CC(C)(CN2C(=O)c2ccc(-n3cnnn3)cc2)C1. The molecule has 1 aromatic heterocycles. The largest absolute Gasteiger partial charge is 0.335 e. The fourth-order valence-electron chi connectivity index (χ4n) is 4.90. The average molecular weight is 325 g/mol. The fourth-order valence-corrected chi connectivity index (χ4v) is 4.90. The van der Waals surface area contributed by atoms with Crippen LogP contribution in [-0.4, -0.2) is 43.6 Å². The Morgan fingerprint density at radius 3 is 2.58 bits per heavy atom. The minimum atomic E-state index is 0.143. The molecule has 2 atom stereocenters. The summed E-state index contributed by atoms with van der Waals surface area (Å²) in [6.45, 7) is 7.85. The Morgan fingerprint density at radius 2 is 1.92 bits per heavy atom. The minimum Gasteiger partial charge on any atom is -0.335 e. The third kappa shape index (κ3) is 2.60. The number of carbonyl (C=O) groups is 1. The van der Waals surface area contributed by atoms with Gasteiger partial charge in [-0.25, -0.2) is 4.68 Å². The molecule has 1 aliphatic carbocycles. The van der Waals surface area contributed by atoms with Crippen LogP contribution in [0.25, 0.3) is 5.69 Å². The van der Waals surface area contributed by atoms with Gasteiger partial charge >= 0.3 is 0 Å². The van der Waals surface area contributed by atoms with E-state index in [9.17, 15) is 4.79 Å². The lowest BCUT2D eigenvalue weighted by Crippen LogP contribution is -2.37. The van der Waals surface area contributed by atoms with Crippen molar-refractivity contribution in [1.82, 2.24) is 25.1 Å². The lowest BCUT2D eigenvalue weighted by molar-refractivity contribution is 0.0708. The zero-order valence-corrected chi connectivity index (χ0v) is 14.4. The predicted octanol–water partition coefficient (Wildman–Crippen LogP) is 2.70. The lowest BCUT2D eigenvalue weighted by atomic mass is 9.65. The molecule has 2 aliphatic rings. The maximum Gasteiger partial charge on any atom is 0.254 e. The lowest BCUT2D eigenvalue weighted by Gasteiger charge is -2.39. The van der Waals surface area contributed by atoms with E-state index in [-0.39, 0.29) is 11.3 Å². The highest BCUT2D eigenvalue weighted by molar-refractivity contribution is 5.95. The summed E-state index contributed by atoms with van der Waals surface area (Å²) in [6, 6.07) is 7.88. The number of likely N-dealkylation sites (tertiary alicyclic amines) is 1. The molecule has 2 heterocycles. The van der Waals surface area contributed by atoms with Crippen LogP contribution in [0.5, 0.6) is 0 Å². The summed E-state index contributed by atoms with van der Waals surface area (Å²) < 4.78 is 1.58. The van der Waals surface area contributed by atoms with Gasteiger partial charge in [0.1, 0.15) is 6.33 Å². The Labute approximate surface area is 141 Å². The standard InChI is InChI=1S/C18H23N5O/c1-17(2)8-15-9-18(3,10-17)11-22(15)16(24)13-4-6-14(7-5-13)23-12-19-20-21-23/h4-7,12,15H,8-11H2,1-3H3. The first-order valence-electron chi connectivity index (χ1n) is 8.50. The van der Waals surface area contributed by atoms with Gasteiger partial charge in [0.2, 0.25) is 0 Å². The van der Waals surface area contributed by atoms with E-state index in [0.29, 0.717) is 11.5 Å². The van der Waals surface area contributed by atoms with Crippen molar-refractivity contribution in [3.8, 4) is 5.69 Å². The van der Waals surface area contributed by atoms with Crippen molar-refractivity contribution in [3.63, 3.8) is 0 Å². The summed E-state index contributed by atoms with van der Waals surface area (Å²) in [5.41, 5.74) is 2.16. The van der Waals surface area contributed by atoms with Crippen LogP contribution in [0.1, 0.15) is 50.4 Å². The van der Waals surface area contributed by atoms with Gasteiger partial charge in [0.15, 0.2) is 0 Å². The summed E-state index contributed by atoms with van der Waals surface area (Å²) in [5.74, 6) is 0.143. The molecule has 2 aromatic rings. The van der Waals surface area contributed by atoms with Crippen molar-refractivity contribution in [1.29, 1.82) is 0 Å². The van der Waals surface area contributed by atoms with E-state index in [1.54, 1.807) is 11.0 Å². The molecule has 24 heavy (non-hydrogen) atoms. The molecule has 0 radical (unpaired) electrons. The highest BCUT2D eigenvalue weighted by atomic mass is 16.2. The number of rotatable bonds is 2. The second-order valence-corrected chi connectivity index (χ2v) is 8.45. The molecule has 126 valence electrons. The zero-order valence-electron chi connectivity index (χ0n) is 14.4. The number of hydrogen-bond donors (Lipinski definition) is 0. The molecule has 0 N–H and O–H groups in total. The number of nitrogens with zero attached hydrogens (tertiary/aromatic N) is 5. The average Bonchev–Trinajstić information content (AvgIpc) is 3.12. The molecular weight excluding hydrogens is 302 g/mol. The molecule has 1 saturated carbocycles. The third-order valence-electron chi connectivity index (χ3n) is 5.40. The molecule has 1 aliphatic heterocycles. The van der Waals surface area contributed by atoms with Gasteiger partial charge in [0, 0.05) is 18.2 Å². The summed E-state index contributed by atoms with van der Waals surface area (Å²) in [6.07, 6.45) is 4.96. The van der Waals surface area contributed by atoms with E-state index < -0.39 is 0 Å². The Morgan fingerprint density at radius 1 is 1.17 bits per heavy atom.